The zero-order valence-corrected chi connectivity index (χ0v) is 28.4. The standard InChI is InChI=1S/C38H43N3O4S2/c1-23-32(22-46-37-40-31-4-2-3-5-33(31)47-37)44-35(45-34(23)29-10-8-25(21-42)9-11-29)30-12-6-24(7-13-30)20-39-36(43)41-38-17-26-14-27(18-38)16-28(15-26)19-38/h2-13,23,26-28,32,34-35,42H,14-22H2,1H3,(H2,39,41,43)/t23-,26?,27?,28?,32+,34+,35+,38?/m0/s1. The molecule has 4 aliphatic carbocycles. The lowest BCUT2D eigenvalue weighted by atomic mass is 9.53. The smallest absolute Gasteiger partial charge is 0.315 e. The highest BCUT2D eigenvalue weighted by atomic mass is 32.2. The summed E-state index contributed by atoms with van der Waals surface area (Å²) < 4.78 is 15.6. The summed E-state index contributed by atoms with van der Waals surface area (Å²) in [5, 5.41) is 16.1. The molecule has 9 heteroatoms. The summed E-state index contributed by atoms with van der Waals surface area (Å²) in [6.45, 7) is 2.68. The summed E-state index contributed by atoms with van der Waals surface area (Å²) in [6.07, 6.45) is 6.76. The number of urea groups is 1. The number of aliphatic hydroxyl groups is 1. The van der Waals surface area contributed by atoms with Gasteiger partial charge in [-0.2, -0.15) is 0 Å². The second-order valence-electron chi connectivity index (χ2n) is 14.3. The predicted octanol–water partition coefficient (Wildman–Crippen LogP) is 8.14. The summed E-state index contributed by atoms with van der Waals surface area (Å²) >= 11 is 3.45. The number of thiazole rings is 1. The molecule has 0 radical (unpaired) electrons. The largest absolute Gasteiger partial charge is 0.392 e. The van der Waals surface area contributed by atoms with Gasteiger partial charge in [-0.25, -0.2) is 9.78 Å². The molecule has 4 bridgehead atoms. The van der Waals surface area contributed by atoms with Gasteiger partial charge in [0.15, 0.2) is 10.6 Å². The minimum atomic E-state index is -0.531. The topological polar surface area (TPSA) is 92.7 Å². The van der Waals surface area contributed by atoms with Gasteiger partial charge in [0.05, 0.1) is 29.0 Å². The number of nitrogens with zero attached hydrogens (tertiary/aromatic N) is 1. The highest BCUT2D eigenvalue weighted by molar-refractivity contribution is 8.01. The molecule has 2 amide bonds. The number of aromatic nitrogens is 1. The van der Waals surface area contributed by atoms with Crippen molar-refractivity contribution in [1.29, 1.82) is 0 Å². The second-order valence-corrected chi connectivity index (χ2v) is 16.6. The van der Waals surface area contributed by atoms with Crippen molar-refractivity contribution >= 4 is 39.3 Å². The number of rotatable bonds is 9. The molecule has 1 aliphatic heterocycles. The third-order valence-electron chi connectivity index (χ3n) is 10.9. The zero-order chi connectivity index (χ0) is 32.0. The molecule has 5 aliphatic rings. The number of ether oxygens (including phenoxy) is 2. The summed E-state index contributed by atoms with van der Waals surface area (Å²) in [6, 6.07) is 24.4. The maximum atomic E-state index is 13.0. The molecule has 2 heterocycles. The number of benzene rings is 3. The fraction of sp³-hybridized carbons (Fsp3) is 0.474. The first-order valence-corrected chi connectivity index (χ1v) is 18.9. The quantitative estimate of drug-likeness (QED) is 0.156. The lowest BCUT2D eigenvalue weighted by Crippen LogP contribution is -2.61. The van der Waals surface area contributed by atoms with E-state index in [9.17, 15) is 9.90 Å². The lowest BCUT2D eigenvalue weighted by Gasteiger charge is -2.56. The van der Waals surface area contributed by atoms with Gasteiger partial charge in [-0.1, -0.05) is 79.3 Å². The number of aliphatic hydroxyl groups excluding tert-OH is 1. The molecule has 47 heavy (non-hydrogen) atoms. The summed E-state index contributed by atoms with van der Waals surface area (Å²) in [7, 11) is 0. The molecule has 1 saturated heterocycles. The van der Waals surface area contributed by atoms with Gasteiger partial charge in [0.1, 0.15) is 0 Å². The van der Waals surface area contributed by atoms with Crippen molar-refractivity contribution in [3.05, 3.63) is 95.1 Å². The van der Waals surface area contributed by atoms with Gasteiger partial charge in [0.25, 0.3) is 0 Å². The van der Waals surface area contributed by atoms with E-state index in [2.05, 4.69) is 72.2 Å². The van der Waals surface area contributed by atoms with Crippen LogP contribution in [0.2, 0.25) is 0 Å². The van der Waals surface area contributed by atoms with E-state index in [4.69, 9.17) is 14.5 Å². The van der Waals surface area contributed by atoms with Crippen molar-refractivity contribution in [1.82, 2.24) is 15.6 Å². The highest BCUT2D eigenvalue weighted by Crippen LogP contribution is 2.55. The minimum Gasteiger partial charge on any atom is -0.392 e. The van der Waals surface area contributed by atoms with Crippen LogP contribution in [0, 0.1) is 23.7 Å². The number of thioether (sulfide) groups is 1. The Bertz CT molecular complexity index is 1640. The van der Waals surface area contributed by atoms with E-state index in [0.29, 0.717) is 6.54 Å². The van der Waals surface area contributed by atoms with Gasteiger partial charge in [0, 0.05) is 29.3 Å². The molecule has 0 spiro atoms. The zero-order valence-electron chi connectivity index (χ0n) is 26.8. The van der Waals surface area contributed by atoms with Crippen molar-refractivity contribution in [2.24, 2.45) is 23.7 Å². The number of para-hydroxylation sites is 1. The lowest BCUT2D eigenvalue weighted by molar-refractivity contribution is -0.268. The summed E-state index contributed by atoms with van der Waals surface area (Å²) in [5.74, 6) is 3.25. The van der Waals surface area contributed by atoms with E-state index >= 15 is 0 Å². The number of hydrogen-bond donors (Lipinski definition) is 3. The Labute approximate surface area is 284 Å². The molecule has 3 N–H and O–H groups in total. The molecule has 4 atom stereocenters. The van der Waals surface area contributed by atoms with Crippen LogP contribution in [-0.2, 0) is 22.6 Å². The Morgan fingerprint density at radius 2 is 1.57 bits per heavy atom. The number of carbonyl (C=O) groups excluding carboxylic acids is 1. The van der Waals surface area contributed by atoms with Crippen molar-refractivity contribution in [2.45, 2.75) is 87.0 Å². The molecule has 246 valence electrons. The van der Waals surface area contributed by atoms with Gasteiger partial charge < -0.3 is 25.2 Å². The van der Waals surface area contributed by atoms with Crippen LogP contribution in [0.4, 0.5) is 4.79 Å². The van der Waals surface area contributed by atoms with Crippen LogP contribution in [0.25, 0.3) is 10.2 Å². The van der Waals surface area contributed by atoms with Crippen LogP contribution in [-0.4, -0.2) is 33.5 Å². The van der Waals surface area contributed by atoms with Crippen molar-refractivity contribution < 1.29 is 19.4 Å². The molecule has 4 aromatic rings. The number of amides is 2. The van der Waals surface area contributed by atoms with Crippen LogP contribution in [0.5, 0.6) is 0 Å². The first-order chi connectivity index (χ1) is 22.9. The van der Waals surface area contributed by atoms with Crippen molar-refractivity contribution in [3.63, 3.8) is 0 Å². The van der Waals surface area contributed by atoms with Crippen molar-refractivity contribution in [3.8, 4) is 0 Å². The summed E-state index contributed by atoms with van der Waals surface area (Å²) in [4.78, 5) is 17.9. The van der Waals surface area contributed by atoms with Crippen LogP contribution in [0.3, 0.4) is 0 Å². The first kappa shape index (κ1) is 31.3. The Hall–Kier alpha value is -2.95. The molecule has 4 saturated carbocycles. The fourth-order valence-corrected chi connectivity index (χ4v) is 11.2. The molecule has 0 unspecified atom stereocenters. The Balaban J connectivity index is 0.935. The Morgan fingerprint density at radius 3 is 2.26 bits per heavy atom. The van der Waals surface area contributed by atoms with Crippen LogP contribution < -0.4 is 10.6 Å². The van der Waals surface area contributed by atoms with Gasteiger partial charge in [-0.05, 0) is 85.1 Å². The molecule has 3 aromatic carbocycles. The molecular formula is C38H43N3O4S2. The van der Waals surface area contributed by atoms with E-state index in [0.717, 1.165) is 74.9 Å². The van der Waals surface area contributed by atoms with E-state index in [1.54, 1.807) is 23.1 Å². The monoisotopic (exact) mass is 669 g/mol. The Kier molecular flexibility index (Phi) is 8.77. The number of fused-ring (bicyclic) bond motifs is 1. The van der Waals surface area contributed by atoms with Crippen LogP contribution in [0.1, 0.15) is 80.1 Å². The van der Waals surface area contributed by atoms with Crippen LogP contribution >= 0.6 is 23.1 Å². The van der Waals surface area contributed by atoms with Gasteiger partial charge in [-0.3, -0.25) is 0 Å². The average molecular weight is 670 g/mol. The molecule has 7 nitrogen and oxygen atoms in total. The molecule has 9 rings (SSSR count). The Morgan fingerprint density at radius 1 is 0.915 bits per heavy atom. The van der Waals surface area contributed by atoms with Gasteiger partial charge in [-0.15, -0.1) is 11.3 Å². The maximum Gasteiger partial charge on any atom is 0.315 e. The number of hydrogen-bond acceptors (Lipinski definition) is 7. The fourth-order valence-electron chi connectivity index (χ4n) is 8.90. The maximum absolute atomic E-state index is 13.0. The first-order valence-electron chi connectivity index (χ1n) is 17.1. The molecule has 1 aromatic heterocycles. The minimum absolute atomic E-state index is 0.00625. The second kappa shape index (κ2) is 13.2. The van der Waals surface area contributed by atoms with E-state index < -0.39 is 6.29 Å². The third-order valence-corrected chi connectivity index (χ3v) is 13.2. The van der Waals surface area contributed by atoms with Crippen molar-refractivity contribution in [2.75, 3.05) is 5.75 Å². The highest BCUT2D eigenvalue weighted by Gasteiger charge is 2.51. The molecular weight excluding hydrogens is 627 g/mol. The third kappa shape index (κ3) is 6.70. The number of carbonyl (C=O) groups is 1. The summed E-state index contributed by atoms with van der Waals surface area (Å²) in [5.41, 5.74) is 4.98. The normalized spacial score (nSPS) is 31.2. The van der Waals surface area contributed by atoms with E-state index in [1.807, 2.05) is 18.2 Å². The van der Waals surface area contributed by atoms with E-state index in [1.165, 1.54) is 24.0 Å². The predicted molar refractivity (Wildman–Crippen MR) is 186 cm³/mol. The van der Waals surface area contributed by atoms with E-state index in [-0.39, 0.29) is 36.3 Å². The van der Waals surface area contributed by atoms with Gasteiger partial charge >= 0.3 is 6.03 Å². The van der Waals surface area contributed by atoms with Gasteiger partial charge in [0.2, 0.25) is 0 Å². The molecule has 5 fully saturated rings. The van der Waals surface area contributed by atoms with Crippen LogP contribution in [0.15, 0.2) is 77.1 Å². The SMILES string of the molecule is C[C@H]1[C@@H](CSc2nc3ccccc3s2)O[C@@H](c2ccc(CNC(=O)NC34CC5CC(CC(C5)C3)C4)cc2)O[C@H]1c1ccc(CO)cc1. The average Bonchev–Trinajstić information content (AvgIpc) is 3.50. The number of nitrogens with one attached hydrogen (secondary N) is 2.